The van der Waals surface area contributed by atoms with Crippen molar-refractivity contribution in [1.29, 1.82) is 5.41 Å². The predicted molar refractivity (Wildman–Crippen MR) is 88.9 cm³/mol. The van der Waals surface area contributed by atoms with Gasteiger partial charge in [-0.2, -0.15) is 0 Å². The molecule has 0 saturated heterocycles. The summed E-state index contributed by atoms with van der Waals surface area (Å²) in [6.07, 6.45) is -0.404. The van der Waals surface area contributed by atoms with Crippen molar-refractivity contribution in [1.82, 2.24) is 10.7 Å². The first-order chi connectivity index (χ1) is 11.8. The molecule has 25 heavy (non-hydrogen) atoms. The second-order valence-electron chi connectivity index (χ2n) is 4.38. The van der Waals surface area contributed by atoms with E-state index < -0.39 is 29.1 Å². The largest absolute Gasteiger partial charge is 0.480 e. The predicted octanol–water partition coefficient (Wildman–Crippen LogP) is 1.18. The number of hydrogen-bond acceptors (Lipinski definition) is 6. The third kappa shape index (κ3) is 10.8. The molecule has 0 fully saturated rings. The molecule has 4 N–H and O–H groups in total. The summed E-state index contributed by atoms with van der Waals surface area (Å²) in [5, 5.41) is 26.1. The normalized spacial score (nSPS) is 10.3. The van der Waals surface area contributed by atoms with E-state index in [9.17, 15) is 19.7 Å². The Kier molecular flexibility index (Phi) is 10.3. The molecule has 0 aliphatic rings. The Morgan fingerprint density at radius 1 is 1.44 bits per heavy atom. The van der Waals surface area contributed by atoms with Crippen molar-refractivity contribution in [3.05, 3.63) is 46.0 Å². The fraction of sp³-hybridized carbons (Fsp3) is 0.286. The fourth-order valence-corrected chi connectivity index (χ4v) is 1.37. The lowest BCUT2D eigenvalue weighted by molar-refractivity contribution is -0.525. The monoisotopic (exact) mass is 353 g/mol. The second kappa shape index (κ2) is 12.0. The molecule has 0 aliphatic heterocycles. The zero-order chi connectivity index (χ0) is 19.2. The van der Waals surface area contributed by atoms with Crippen molar-refractivity contribution in [3.8, 4) is 0 Å². The quantitative estimate of drug-likeness (QED) is 0.258. The van der Waals surface area contributed by atoms with Crippen LogP contribution in [0.25, 0.3) is 0 Å². The third-order valence-corrected chi connectivity index (χ3v) is 2.57. The van der Waals surface area contributed by atoms with E-state index in [4.69, 9.17) is 15.3 Å². The Bertz CT molecular complexity index is 607. The highest BCUT2D eigenvalue weighted by Gasteiger charge is 2.17. The molecule has 0 spiro atoms. The zero-order valence-corrected chi connectivity index (χ0v) is 13.5. The van der Waals surface area contributed by atoms with E-state index >= 15 is 0 Å². The molecule has 0 heterocycles. The molecule has 11 nitrogen and oxygen atoms in total. The average molecular weight is 353 g/mol. The van der Waals surface area contributed by atoms with Crippen LogP contribution in [0.4, 0.5) is 4.79 Å². The van der Waals surface area contributed by atoms with Gasteiger partial charge in [0.1, 0.15) is 12.6 Å². The van der Waals surface area contributed by atoms with Gasteiger partial charge in [0.15, 0.2) is 5.03 Å². The summed E-state index contributed by atoms with van der Waals surface area (Å²) in [6, 6.07) is 8.27. The number of amides is 1. The van der Waals surface area contributed by atoms with Crippen LogP contribution in [-0.4, -0.2) is 40.9 Å². The molecule has 1 atom stereocenters. The first kappa shape index (κ1) is 21.5. The Hall–Kier alpha value is -3.50. The molecule has 0 aliphatic carbocycles. The smallest absolute Gasteiger partial charge is 0.408 e. The van der Waals surface area contributed by atoms with Crippen molar-refractivity contribution >= 4 is 24.7 Å². The molecular formula is C14H19N5O6. The number of carbonyl (C=O) groups is 2. The molecule has 1 rings (SSSR count). The lowest BCUT2D eigenvalue weighted by Gasteiger charge is -2.12. The first-order valence-corrected chi connectivity index (χ1v) is 6.96. The van der Waals surface area contributed by atoms with Crippen LogP contribution in [0.3, 0.4) is 0 Å². The SMILES string of the molecule is C=NC(=N)N[N+](=O)[O-].CCC(NC(=O)OCc1ccccc1)C(=O)O. The minimum Gasteiger partial charge on any atom is -0.480 e. The molecule has 0 aromatic heterocycles. The summed E-state index contributed by atoms with van der Waals surface area (Å²) in [4.78, 5) is 34.3. The Balaban J connectivity index is 0.000000609. The number of carboxylic acid groups (broad SMARTS) is 1. The van der Waals surface area contributed by atoms with Gasteiger partial charge in [0.05, 0.1) is 0 Å². The van der Waals surface area contributed by atoms with E-state index in [1.165, 1.54) is 5.43 Å². The number of hydrazine groups is 1. The molecular weight excluding hydrogens is 334 g/mol. The van der Waals surface area contributed by atoms with E-state index in [2.05, 4.69) is 17.0 Å². The van der Waals surface area contributed by atoms with Crippen molar-refractivity contribution in [3.63, 3.8) is 0 Å². The van der Waals surface area contributed by atoms with E-state index in [-0.39, 0.29) is 6.61 Å². The standard InChI is InChI=1S/C12H15NO4.C2H4N4O2/c1-2-10(11(14)15)13-12(16)17-8-9-6-4-3-5-7-9;1-4-2(3)5-6(7)8/h3-7,10H,2,8H2,1H3,(H,13,16)(H,14,15);1H2,(H2,3,5). The molecule has 0 radical (unpaired) electrons. The summed E-state index contributed by atoms with van der Waals surface area (Å²) >= 11 is 0. The minimum atomic E-state index is -1.07. The summed E-state index contributed by atoms with van der Waals surface area (Å²) in [6.45, 7) is 4.68. The van der Waals surface area contributed by atoms with Crippen molar-refractivity contribution in [2.45, 2.75) is 26.0 Å². The highest BCUT2D eigenvalue weighted by molar-refractivity contribution is 5.80. The number of rotatable bonds is 6. The number of aliphatic carboxylic acids is 1. The van der Waals surface area contributed by atoms with Crippen LogP contribution in [0.2, 0.25) is 0 Å². The van der Waals surface area contributed by atoms with Gasteiger partial charge in [0, 0.05) is 0 Å². The number of aliphatic imine (C=N–C) groups is 1. The van der Waals surface area contributed by atoms with Gasteiger partial charge >= 0.3 is 12.1 Å². The summed E-state index contributed by atoms with van der Waals surface area (Å²) in [5.41, 5.74) is 2.32. The Morgan fingerprint density at radius 3 is 2.44 bits per heavy atom. The van der Waals surface area contributed by atoms with Gasteiger partial charge in [-0.3, -0.25) is 5.41 Å². The molecule has 1 unspecified atom stereocenters. The van der Waals surface area contributed by atoms with Gasteiger partial charge in [0.25, 0.3) is 5.96 Å². The maximum absolute atomic E-state index is 11.3. The van der Waals surface area contributed by atoms with Crippen LogP contribution in [0, 0.1) is 15.5 Å². The van der Waals surface area contributed by atoms with Gasteiger partial charge in [0.2, 0.25) is 0 Å². The number of alkyl carbamates (subject to hydrolysis) is 1. The number of nitrogens with zero attached hydrogens (tertiary/aromatic N) is 2. The summed E-state index contributed by atoms with van der Waals surface area (Å²) < 4.78 is 4.90. The maximum atomic E-state index is 11.3. The van der Waals surface area contributed by atoms with Gasteiger partial charge in [-0.05, 0) is 18.7 Å². The zero-order valence-electron chi connectivity index (χ0n) is 13.5. The van der Waals surface area contributed by atoms with Crippen LogP contribution in [0.1, 0.15) is 18.9 Å². The van der Waals surface area contributed by atoms with Crippen LogP contribution < -0.4 is 10.7 Å². The van der Waals surface area contributed by atoms with Crippen LogP contribution in [0.5, 0.6) is 0 Å². The van der Waals surface area contributed by atoms with Gasteiger partial charge < -0.3 is 15.2 Å². The first-order valence-electron chi connectivity index (χ1n) is 6.96. The van der Waals surface area contributed by atoms with E-state index in [0.29, 0.717) is 6.42 Å². The number of benzene rings is 1. The topological polar surface area (TPSA) is 167 Å². The number of nitro groups is 1. The van der Waals surface area contributed by atoms with Gasteiger partial charge in [-0.1, -0.05) is 42.7 Å². The second-order valence-corrected chi connectivity index (χ2v) is 4.38. The molecule has 1 aromatic rings. The van der Waals surface area contributed by atoms with Crippen LogP contribution in [0.15, 0.2) is 35.3 Å². The average Bonchev–Trinajstić information content (AvgIpc) is 2.58. The maximum Gasteiger partial charge on any atom is 0.408 e. The number of hydrogen-bond donors (Lipinski definition) is 4. The van der Waals surface area contributed by atoms with E-state index in [1.54, 1.807) is 6.92 Å². The lowest BCUT2D eigenvalue weighted by Crippen LogP contribution is -2.40. The van der Waals surface area contributed by atoms with E-state index in [0.717, 1.165) is 5.56 Å². The van der Waals surface area contributed by atoms with Crippen LogP contribution in [-0.2, 0) is 16.1 Å². The summed E-state index contributed by atoms with van der Waals surface area (Å²) in [5.74, 6) is -1.63. The fourth-order valence-electron chi connectivity index (χ4n) is 1.37. The molecule has 0 bridgehead atoms. The third-order valence-electron chi connectivity index (χ3n) is 2.57. The summed E-state index contributed by atoms with van der Waals surface area (Å²) in [7, 11) is 0. The molecule has 136 valence electrons. The van der Waals surface area contributed by atoms with Crippen LogP contribution >= 0.6 is 0 Å². The van der Waals surface area contributed by atoms with Gasteiger partial charge in [-0.25, -0.2) is 24.7 Å². The Labute approximate surface area is 143 Å². The lowest BCUT2D eigenvalue weighted by atomic mass is 10.2. The highest BCUT2D eigenvalue weighted by Crippen LogP contribution is 2.01. The van der Waals surface area contributed by atoms with Crippen molar-refractivity contribution in [2.24, 2.45) is 4.99 Å². The number of guanidine groups is 1. The number of ether oxygens (including phenoxy) is 1. The number of nitrogens with one attached hydrogen (secondary N) is 3. The molecule has 0 saturated carbocycles. The molecule has 11 heteroatoms. The van der Waals surface area contributed by atoms with Crippen molar-refractivity contribution < 1.29 is 24.5 Å². The number of carbonyl (C=O) groups excluding carboxylic acids is 1. The van der Waals surface area contributed by atoms with Gasteiger partial charge in [-0.15, -0.1) is 0 Å². The van der Waals surface area contributed by atoms with E-state index in [1.807, 2.05) is 30.3 Å². The molecule has 1 aromatic carbocycles. The van der Waals surface area contributed by atoms with Crippen molar-refractivity contribution in [2.75, 3.05) is 0 Å². The number of carboxylic acids is 1. The highest BCUT2D eigenvalue weighted by atomic mass is 16.7. The minimum absolute atomic E-state index is 0.128. The molecule has 1 amide bonds. The Morgan fingerprint density at radius 2 is 2.04 bits per heavy atom.